The average Bonchev–Trinajstić information content (AvgIpc) is 3.15. The van der Waals surface area contributed by atoms with Gasteiger partial charge < -0.3 is 20.5 Å². The molecule has 2 aromatic heterocycles. The lowest BCUT2D eigenvalue weighted by atomic mass is 10.3. The summed E-state index contributed by atoms with van der Waals surface area (Å²) < 4.78 is 0. The summed E-state index contributed by atoms with van der Waals surface area (Å²) in [6.45, 7) is 4.56. The maximum Gasteiger partial charge on any atom is 0.229 e. The van der Waals surface area contributed by atoms with Crippen molar-refractivity contribution in [1.29, 1.82) is 0 Å². The summed E-state index contributed by atoms with van der Waals surface area (Å²) in [5, 5.41) is 6.86. The molecule has 0 radical (unpaired) electrons. The second-order valence-electron chi connectivity index (χ2n) is 5.63. The molecule has 0 saturated carbocycles. The lowest BCUT2D eigenvalue weighted by Crippen LogP contribution is -2.22. The molecule has 2 aromatic rings. The van der Waals surface area contributed by atoms with Crippen molar-refractivity contribution in [3.05, 3.63) is 11.8 Å². The number of fused-ring (bicyclic) bond motifs is 1. The van der Waals surface area contributed by atoms with Crippen molar-refractivity contribution in [3.63, 3.8) is 0 Å². The molecule has 7 nitrogen and oxygen atoms in total. The van der Waals surface area contributed by atoms with E-state index >= 15 is 0 Å². The van der Waals surface area contributed by atoms with E-state index in [1.807, 2.05) is 13.0 Å². The molecule has 0 bridgehead atoms. The zero-order chi connectivity index (χ0) is 15.5. The van der Waals surface area contributed by atoms with Gasteiger partial charge in [-0.25, -0.2) is 0 Å². The smallest absolute Gasteiger partial charge is 0.229 e. The van der Waals surface area contributed by atoms with Crippen molar-refractivity contribution in [2.75, 3.05) is 36.9 Å². The topological polar surface area (TPSA) is 85.9 Å². The Balaban J connectivity index is 1.86. The van der Waals surface area contributed by atoms with Gasteiger partial charge in [0, 0.05) is 38.8 Å². The number of carbonyl (C=O) groups excluding carboxylic acids is 1. The van der Waals surface area contributed by atoms with E-state index in [9.17, 15) is 4.79 Å². The molecule has 1 aliphatic rings. The quantitative estimate of drug-likeness (QED) is 0.777. The number of nitrogens with one attached hydrogen (secondary N) is 3. The molecule has 0 aromatic carbocycles. The first kappa shape index (κ1) is 14.6. The van der Waals surface area contributed by atoms with E-state index in [0.717, 1.165) is 41.6 Å². The molecule has 1 amide bonds. The second-order valence-corrected chi connectivity index (χ2v) is 5.63. The van der Waals surface area contributed by atoms with Crippen LogP contribution in [0.5, 0.6) is 0 Å². The molecule has 118 valence electrons. The van der Waals surface area contributed by atoms with E-state index in [-0.39, 0.29) is 5.91 Å². The van der Waals surface area contributed by atoms with E-state index in [0.29, 0.717) is 13.0 Å². The molecule has 0 unspecified atom stereocenters. The van der Waals surface area contributed by atoms with Gasteiger partial charge in [-0.05, 0) is 25.8 Å². The van der Waals surface area contributed by atoms with Crippen molar-refractivity contribution in [1.82, 2.24) is 20.3 Å². The molecule has 3 rings (SSSR count). The number of H-pyrrole nitrogens is 1. The van der Waals surface area contributed by atoms with Crippen LogP contribution < -0.4 is 15.5 Å². The maximum absolute atomic E-state index is 11.3. The van der Waals surface area contributed by atoms with E-state index in [2.05, 4.69) is 30.5 Å². The Labute approximate surface area is 129 Å². The van der Waals surface area contributed by atoms with Crippen molar-refractivity contribution in [3.8, 4) is 0 Å². The molecule has 0 aliphatic carbocycles. The monoisotopic (exact) mass is 302 g/mol. The number of aromatic amines is 1. The number of hydrogen-bond donors (Lipinski definition) is 3. The normalized spacial score (nSPS) is 14.5. The number of nitrogens with zero attached hydrogens (tertiary/aromatic N) is 3. The molecule has 7 heteroatoms. The number of carbonyl (C=O) groups is 1. The minimum atomic E-state index is 0.0165. The highest BCUT2D eigenvalue weighted by atomic mass is 16.1. The molecular weight excluding hydrogens is 280 g/mol. The highest BCUT2D eigenvalue weighted by Crippen LogP contribution is 2.25. The Kier molecular flexibility index (Phi) is 4.13. The lowest BCUT2D eigenvalue weighted by molar-refractivity contribution is -0.120. The maximum atomic E-state index is 11.3. The van der Waals surface area contributed by atoms with Gasteiger partial charge in [-0.2, -0.15) is 9.97 Å². The van der Waals surface area contributed by atoms with Crippen molar-refractivity contribution in [2.24, 2.45) is 0 Å². The molecule has 1 fully saturated rings. The fourth-order valence-electron chi connectivity index (χ4n) is 2.74. The van der Waals surface area contributed by atoms with Crippen molar-refractivity contribution in [2.45, 2.75) is 26.2 Å². The average molecular weight is 302 g/mol. The van der Waals surface area contributed by atoms with E-state index in [4.69, 9.17) is 0 Å². The van der Waals surface area contributed by atoms with Crippen molar-refractivity contribution >= 4 is 28.7 Å². The van der Waals surface area contributed by atoms with Gasteiger partial charge >= 0.3 is 0 Å². The summed E-state index contributed by atoms with van der Waals surface area (Å²) >= 11 is 0. The Bertz CT molecular complexity index is 674. The molecule has 22 heavy (non-hydrogen) atoms. The predicted molar refractivity (Wildman–Crippen MR) is 87.2 cm³/mol. The van der Waals surface area contributed by atoms with Crippen LogP contribution in [0.3, 0.4) is 0 Å². The number of aromatic nitrogens is 3. The summed E-state index contributed by atoms with van der Waals surface area (Å²) in [6, 6.07) is 2.03. The third kappa shape index (κ3) is 2.98. The standard InChI is InChI=1S/C15H22N6O/c1-10-9-11-13(17-6-5-12(22)16-2)19-15(20-14(11)18-10)21-7-3-4-8-21/h9H,3-8H2,1-2H3,(H,16,22)(H2,17,18,19,20). The van der Waals surface area contributed by atoms with Gasteiger partial charge in [-0.3, -0.25) is 4.79 Å². The van der Waals surface area contributed by atoms with Crippen molar-refractivity contribution < 1.29 is 4.79 Å². The lowest BCUT2D eigenvalue weighted by Gasteiger charge is -2.16. The number of hydrogen-bond acceptors (Lipinski definition) is 5. The Morgan fingerprint density at radius 2 is 2.14 bits per heavy atom. The van der Waals surface area contributed by atoms with E-state index < -0.39 is 0 Å². The number of anilines is 2. The van der Waals surface area contributed by atoms with Crippen LogP contribution in [0.1, 0.15) is 25.0 Å². The van der Waals surface area contributed by atoms with Crippen LogP contribution in [0, 0.1) is 6.92 Å². The first-order valence-corrected chi connectivity index (χ1v) is 7.74. The van der Waals surface area contributed by atoms with Gasteiger partial charge in [0.2, 0.25) is 11.9 Å². The van der Waals surface area contributed by atoms with Crippen LogP contribution in [0.4, 0.5) is 11.8 Å². The van der Waals surface area contributed by atoms with E-state index in [1.165, 1.54) is 12.8 Å². The molecular formula is C15H22N6O. The third-order valence-corrected chi connectivity index (χ3v) is 3.92. The summed E-state index contributed by atoms with van der Waals surface area (Å²) in [7, 11) is 1.65. The van der Waals surface area contributed by atoms with Gasteiger partial charge in [0.25, 0.3) is 0 Å². The molecule has 3 N–H and O–H groups in total. The second kappa shape index (κ2) is 6.21. The molecule has 3 heterocycles. The zero-order valence-corrected chi connectivity index (χ0v) is 13.1. The van der Waals surface area contributed by atoms with Crippen LogP contribution in [0.15, 0.2) is 6.07 Å². The number of aryl methyl sites for hydroxylation is 1. The molecule has 0 spiro atoms. The molecule has 0 atom stereocenters. The first-order valence-electron chi connectivity index (χ1n) is 7.74. The van der Waals surface area contributed by atoms with Crippen LogP contribution in [0.2, 0.25) is 0 Å². The minimum Gasteiger partial charge on any atom is -0.369 e. The largest absolute Gasteiger partial charge is 0.369 e. The highest BCUT2D eigenvalue weighted by molar-refractivity contribution is 5.89. The Morgan fingerprint density at radius 3 is 2.86 bits per heavy atom. The summed E-state index contributed by atoms with van der Waals surface area (Å²) in [5.74, 6) is 1.57. The van der Waals surface area contributed by atoms with Gasteiger partial charge in [-0.1, -0.05) is 0 Å². The summed E-state index contributed by atoms with van der Waals surface area (Å²) in [4.78, 5) is 26.1. The van der Waals surface area contributed by atoms with Crippen LogP contribution in [-0.4, -0.2) is 47.5 Å². The third-order valence-electron chi connectivity index (χ3n) is 3.92. The fraction of sp³-hybridized carbons (Fsp3) is 0.533. The molecule has 1 aliphatic heterocycles. The van der Waals surface area contributed by atoms with Gasteiger partial charge in [0.05, 0.1) is 5.39 Å². The Hall–Kier alpha value is -2.31. The zero-order valence-electron chi connectivity index (χ0n) is 13.1. The van der Waals surface area contributed by atoms with Gasteiger partial charge in [0.1, 0.15) is 11.5 Å². The number of amides is 1. The minimum absolute atomic E-state index is 0.0165. The van der Waals surface area contributed by atoms with Crippen LogP contribution >= 0.6 is 0 Å². The summed E-state index contributed by atoms with van der Waals surface area (Å²) in [6.07, 6.45) is 2.79. The van der Waals surface area contributed by atoms with Gasteiger partial charge in [0.15, 0.2) is 0 Å². The van der Waals surface area contributed by atoms with Gasteiger partial charge in [-0.15, -0.1) is 0 Å². The van der Waals surface area contributed by atoms with Crippen LogP contribution in [-0.2, 0) is 4.79 Å². The fourth-order valence-corrected chi connectivity index (χ4v) is 2.74. The molecule has 1 saturated heterocycles. The predicted octanol–water partition coefficient (Wildman–Crippen LogP) is 1.41. The number of rotatable bonds is 5. The van der Waals surface area contributed by atoms with Crippen LogP contribution in [0.25, 0.3) is 11.0 Å². The first-order chi connectivity index (χ1) is 10.7. The summed E-state index contributed by atoms with van der Waals surface area (Å²) in [5.41, 5.74) is 1.90. The SMILES string of the molecule is CNC(=O)CCNc1nc(N2CCCC2)nc2[nH]c(C)cc12. The van der Waals surface area contributed by atoms with E-state index in [1.54, 1.807) is 7.05 Å². The highest BCUT2D eigenvalue weighted by Gasteiger charge is 2.18. The Morgan fingerprint density at radius 1 is 1.36 bits per heavy atom.